The Bertz CT molecular complexity index is 1120. The summed E-state index contributed by atoms with van der Waals surface area (Å²) in [6, 6.07) is -0.742. The molecule has 0 fully saturated rings. The van der Waals surface area contributed by atoms with Crippen molar-refractivity contribution in [1.82, 2.24) is 5.32 Å². The van der Waals surface area contributed by atoms with Crippen molar-refractivity contribution >= 4 is 11.9 Å². The fourth-order valence-electron chi connectivity index (χ4n) is 7.33. The SMILES string of the molecule is CC/C=C/C=C/C=C\C=C/C=C/CC(CC(=O)NC(CO)C(O)CCCCCCCCCCCCCCCCC)OC(=O)CCCCCCCCC/C=C\CCCCCC. The Morgan fingerprint density at radius 3 is 1.42 bits per heavy atom. The van der Waals surface area contributed by atoms with E-state index in [4.69, 9.17) is 4.74 Å². The molecule has 0 aromatic heterocycles. The molecular weight excluding hydrogens is 743 g/mol. The van der Waals surface area contributed by atoms with Gasteiger partial charge in [-0.2, -0.15) is 0 Å². The van der Waals surface area contributed by atoms with Gasteiger partial charge >= 0.3 is 5.97 Å². The molecule has 346 valence electrons. The van der Waals surface area contributed by atoms with Crippen molar-refractivity contribution in [2.24, 2.45) is 0 Å². The van der Waals surface area contributed by atoms with Crippen LogP contribution in [0.25, 0.3) is 0 Å². The maximum atomic E-state index is 13.1. The summed E-state index contributed by atoms with van der Waals surface area (Å²) in [6.07, 6.45) is 59.9. The van der Waals surface area contributed by atoms with Crippen molar-refractivity contribution in [2.75, 3.05) is 6.61 Å². The first-order valence-electron chi connectivity index (χ1n) is 25.2. The molecular formula is C54H95NO5. The number of hydrogen-bond donors (Lipinski definition) is 3. The van der Waals surface area contributed by atoms with Gasteiger partial charge in [0.15, 0.2) is 0 Å². The van der Waals surface area contributed by atoms with Crippen LogP contribution in [0.2, 0.25) is 0 Å². The Kier molecular flexibility index (Phi) is 45.2. The van der Waals surface area contributed by atoms with Crippen LogP contribution in [0, 0.1) is 0 Å². The van der Waals surface area contributed by atoms with E-state index in [9.17, 15) is 19.8 Å². The van der Waals surface area contributed by atoms with Gasteiger partial charge in [0.1, 0.15) is 6.10 Å². The number of aliphatic hydroxyl groups excluding tert-OH is 2. The van der Waals surface area contributed by atoms with Gasteiger partial charge in [-0.05, 0) is 44.9 Å². The molecule has 6 nitrogen and oxygen atoms in total. The van der Waals surface area contributed by atoms with Gasteiger partial charge in [0.25, 0.3) is 0 Å². The van der Waals surface area contributed by atoms with E-state index in [0.29, 0.717) is 19.3 Å². The molecule has 0 aliphatic rings. The molecule has 6 heteroatoms. The van der Waals surface area contributed by atoms with E-state index in [1.807, 2.05) is 54.7 Å². The maximum Gasteiger partial charge on any atom is 0.306 e. The number of aliphatic hydroxyl groups is 2. The van der Waals surface area contributed by atoms with Gasteiger partial charge in [0.2, 0.25) is 5.91 Å². The van der Waals surface area contributed by atoms with Crippen LogP contribution in [0.1, 0.15) is 233 Å². The summed E-state index contributed by atoms with van der Waals surface area (Å²) in [6.45, 7) is 6.29. The van der Waals surface area contributed by atoms with E-state index >= 15 is 0 Å². The van der Waals surface area contributed by atoms with Gasteiger partial charge in [-0.3, -0.25) is 9.59 Å². The number of esters is 1. The fraction of sp³-hybridized carbons (Fsp3) is 0.741. The third kappa shape index (κ3) is 42.0. The van der Waals surface area contributed by atoms with Crippen molar-refractivity contribution in [3.63, 3.8) is 0 Å². The minimum atomic E-state index is -0.820. The first-order chi connectivity index (χ1) is 29.5. The summed E-state index contributed by atoms with van der Waals surface area (Å²) in [5, 5.41) is 23.7. The van der Waals surface area contributed by atoms with Crippen molar-refractivity contribution in [3.05, 3.63) is 72.9 Å². The highest BCUT2D eigenvalue weighted by Gasteiger charge is 2.23. The molecule has 0 saturated carbocycles. The first kappa shape index (κ1) is 57.3. The Hall–Kier alpha value is -2.70. The zero-order valence-electron chi connectivity index (χ0n) is 39.3. The second kappa shape index (κ2) is 47.4. The molecule has 0 radical (unpaired) electrons. The lowest BCUT2D eigenvalue weighted by Gasteiger charge is -2.24. The summed E-state index contributed by atoms with van der Waals surface area (Å²) in [5.74, 6) is -0.613. The van der Waals surface area contributed by atoms with Gasteiger partial charge in [-0.1, -0.05) is 241 Å². The van der Waals surface area contributed by atoms with E-state index in [2.05, 4.69) is 44.3 Å². The molecule has 3 unspecified atom stereocenters. The summed E-state index contributed by atoms with van der Waals surface area (Å²) >= 11 is 0. The Labute approximate surface area is 371 Å². The first-order valence-corrected chi connectivity index (χ1v) is 25.2. The van der Waals surface area contributed by atoms with Crippen molar-refractivity contribution < 1.29 is 24.5 Å². The van der Waals surface area contributed by atoms with Crippen LogP contribution in [0.5, 0.6) is 0 Å². The van der Waals surface area contributed by atoms with Crippen LogP contribution in [-0.2, 0) is 14.3 Å². The zero-order valence-corrected chi connectivity index (χ0v) is 39.3. The van der Waals surface area contributed by atoms with E-state index in [0.717, 1.165) is 44.9 Å². The summed E-state index contributed by atoms with van der Waals surface area (Å²) < 4.78 is 5.83. The van der Waals surface area contributed by atoms with Gasteiger partial charge in [-0.25, -0.2) is 0 Å². The third-order valence-electron chi connectivity index (χ3n) is 11.1. The molecule has 0 heterocycles. The monoisotopic (exact) mass is 838 g/mol. The molecule has 0 saturated heterocycles. The molecule has 0 aromatic carbocycles. The maximum absolute atomic E-state index is 13.1. The molecule has 0 bridgehead atoms. The Balaban J connectivity index is 4.63. The lowest BCUT2D eigenvalue weighted by atomic mass is 10.0. The van der Waals surface area contributed by atoms with Crippen LogP contribution in [-0.4, -0.2) is 46.9 Å². The minimum Gasteiger partial charge on any atom is -0.461 e. The molecule has 3 atom stereocenters. The number of ether oxygens (including phenoxy) is 1. The second-order valence-corrected chi connectivity index (χ2v) is 17.0. The number of hydrogen-bond acceptors (Lipinski definition) is 5. The van der Waals surface area contributed by atoms with Crippen molar-refractivity contribution in [1.29, 1.82) is 0 Å². The summed E-state index contributed by atoms with van der Waals surface area (Å²) in [4.78, 5) is 26.0. The number of unbranched alkanes of at least 4 members (excludes halogenated alkanes) is 25. The van der Waals surface area contributed by atoms with Crippen LogP contribution in [0.3, 0.4) is 0 Å². The van der Waals surface area contributed by atoms with Crippen molar-refractivity contribution in [2.45, 2.75) is 251 Å². The van der Waals surface area contributed by atoms with Crippen LogP contribution in [0.4, 0.5) is 0 Å². The molecule has 60 heavy (non-hydrogen) atoms. The summed E-state index contributed by atoms with van der Waals surface area (Å²) in [7, 11) is 0. The predicted octanol–water partition coefficient (Wildman–Crippen LogP) is 15.0. The standard InChI is InChI=1S/C54H95NO5/c1-4-7-10-13-16-19-22-24-26-28-31-34-37-40-43-46-52(57)51(49-56)55-53(58)48-50(45-42-39-36-33-30-21-18-15-12-9-6-3)60-54(59)47-44-41-38-35-32-29-27-25-23-20-17-14-11-8-5-2/h9,12,15,18,20-21,23,30,33,36,39,42,50-52,56-57H,4-8,10-11,13-14,16-17,19,22,24-29,31-32,34-35,37-38,40-41,43-49H2,1-3H3,(H,55,58)/b12-9+,18-15+,23-20-,30-21-,36-33-,42-39+. The van der Waals surface area contributed by atoms with Gasteiger partial charge in [-0.15, -0.1) is 0 Å². The molecule has 0 aromatic rings. The average Bonchev–Trinajstić information content (AvgIpc) is 3.24. The third-order valence-corrected chi connectivity index (χ3v) is 11.1. The topological polar surface area (TPSA) is 95.9 Å². The highest BCUT2D eigenvalue weighted by atomic mass is 16.5. The van der Waals surface area contributed by atoms with Crippen LogP contribution in [0.15, 0.2) is 72.9 Å². The second-order valence-electron chi connectivity index (χ2n) is 17.0. The lowest BCUT2D eigenvalue weighted by Crippen LogP contribution is -2.46. The largest absolute Gasteiger partial charge is 0.461 e. The number of carbonyl (C=O) groups is 2. The van der Waals surface area contributed by atoms with E-state index in [1.54, 1.807) is 0 Å². The van der Waals surface area contributed by atoms with Gasteiger partial charge in [0, 0.05) is 12.8 Å². The molecule has 0 rings (SSSR count). The van der Waals surface area contributed by atoms with Crippen LogP contribution < -0.4 is 5.32 Å². The minimum absolute atomic E-state index is 0.0218. The Morgan fingerprint density at radius 2 is 0.933 bits per heavy atom. The fourth-order valence-corrected chi connectivity index (χ4v) is 7.33. The quantitative estimate of drug-likeness (QED) is 0.0246. The number of rotatable bonds is 44. The van der Waals surface area contributed by atoms with Crippen LogP contribution >= 0.6 is 0 Å². The number of nitrogens with one attached hydrogen (secondary N) is 1. The molecule has 0 spiro atoms. The average molecular weight is 838 g/mol. The number of allylic oxidation sites excluding steroid dienone is 11. The zero-order chi connectivity index (χ0) is 43.8. The van der Waals surface area contributed by atoms with Gasteiger partial charge < -0.3 is 20.3 Å². The number of carbonyl (C=O) groups excluding carboxylic acids is 2. The highest BCUT2D eigenvalue weighted by Crippen LogP contribution is 2.16. The normalized spacial score (nSPS) is 13.9. The van der Waals surface area contributed by atoms with E-state index in [-0.39, 0.29) is 24.9 Å². The molecule has 3 N–H and O–H groups in total. The number of amides is 1. The highest BCUT2D eigenvalue weighted by molar-refractivity contribution is 5.77. The summed E-state index contributed by atoms with van der Waals surface area (Å²) in [5.41, 5.74) is 0. The molecule has 0 aliphatic heterocycles. The van der Waals surface area contributed by atoms with E-state index in [1.165, 1.54) is 141 Å². The lowest BCUT2D eigenvalue weighted by molar-refractivity contribution is -0.150. The smallest absolute Gasteiger partial charge is 0.306 e. The predicted molar refractivity (Wildman–Crippen MR) is 259 cm³/mol. The van der Waals surface area contributed by atoms with E-state index < -0.39 is 18.2 Å². The van der Waals surface area contributed by atoms with Crippen molar-refractivity contribution in [3.8, 4) is 0 Å². The molecule has 1 amide bonds. The van der Waals surface area contributed by atoms with Gasteiger partial charge in [0.05, 0.1) is 25.2 Å². The molecule has 0 aliphatic carbocycles. The Morgan fingerprint density at radius 1 is 0.517 bits per heavy atom.